The quantitative estimate of drug-likeness (QED) is 0.593. The predicted molar refractivity (Wildman–Crippen MR) is 75.8 cm³/mol. The molecule has 17 heavy (non-hydrogen) atoms. The SMILES string of the molecule is CCCCCCC(C)c1ccc(C)cc1O.[K]. The summed E-state index contributed by atoms with van der Waals surface area (Å²) < 4.78 is 0. The standard InChI is InChI=1S/C15H24O.K/c1-4-5-6-7-8-13(3)14-10-9-12(2)11-15(14)16;/h9-11,13,16H,4-8H2,1-3H3;. The van der Waals surface area contributed by atoms with Crippen molar-refractivity contribution in [2.75, 3.05) is 0 Å². The van der Waals surface area contributed by atoms with Gasteiger partial charge in [0.05, 0.1) is 0 Å². The van der Waals surface area contributed by atoms with E-state index in [-0.39, 0.29) is 51.4 Å². The molecule has 0 aliphatic rings. The number of hydrogen-bond acceptors (Lipinski definition) is 1. The molecule has 0 aliphatic carbocycles. The second-order valence-electron chi connectivity index (χ2n) is 4.81. The summed E-state index contributed by atoms with van der Waals surface area (Å²) in [5, 5.41) is 9.86. The molecule has 0 bridgehead atoms. The first-order valence-electron chi connectivity index (χ1n) is 6.44. The summed E-state index contributed by atoms with van der Waals surface area (Å²) in [5.74, 6) is 0.931. The Labute approximate surface area is 148 Å². The van der Waals surface area contributed by atoms with Crippen molar-refractivity contribution in [1.29, 1.82) is 0 Å². The van der Waals surface area contributed by atoms with Gasteiger partial charge in [0.15, 0.2) is 0 Å². The van der Waals surface area contributed by atoms with Crippen LogP contribution in [-0.2, 0) is 0 Å². The van der Waals surface area contributed by atoms with Crippen molar-refractivity contribution in [2.45, 2.75) is 58.8 Å². The number of aryl methyl sites for hydroxylation is 1. The number of hydrogen-bond donors (Lipinski definition) is 1. The van der Waals surface area contributed by atoms with Gasteiger partial charge in [0.2, 0.25) is 0 Å². The molecule has 0 saturated heterocycles. The van der Waals surface area contributed by atoms with Crippen LogP contribution < -0.4 is 0 Å². The maximum atomic E-state index is 9.86. The number of phenolic OH excluding ortho intramolecular Hbond substituents is 1. The largest absolute Gasteiger partial charge is 0.508 e. The summed E-state index contributed by atoms with van der Waals surface area (Å²) in [4.78, 5) is 0. The molecule has 1 aromatic carbocycles. The third-order valence-electron chi connectivity index (χ3n) is 3.21. The molecule has 1 radical (unpaired) electrons. The Kier molecular flexibility index (Phi) is 9.94. The van der Waals surface area contributed by atoms with Crippen molar-refractivity contribution >= 4 is 51.4 Å². The van der Waals surface area contributed by atoms with E-state index < -0.39 is 0 Å². The van der Waals surface area contributed by atoms with Crippen LogP contribution in [0, 0.1) is 6.92 Å². The molecular formula is C15H24KO. The first kappa shape index (κ1) is 17.7. The molecule has 0 fully saturated rings. The number of aromatic hydroxyl groups is 1. The van der Waals surface area contributed by atoms with Crippen molar-refractivity contribution in [2.24, 2.45) is 0 Å². The first-order valence-corrected chi connectivity index (χ1v) is 6.44. The van der Waals surface area contributed by atoms with E-state index in [9.17, 15) is 5.11 Å². The molecule has 0 amide bonds. The van der Waals surface area contributed by atoms with Crippen LogP contribution in [0.25, 0.3) is 0 Å². The minimum atomic E-state index is 0. The van der Waals surface area contributed by atoms with Gasteiger partial charge in [0.25, 0.3) is 0 Å². The van der Waals surface area contributed by atoms with E-state index in [0.29, 0.717) is 11.7 Å². The summed E-state index contributed by atoms with van der Waals surface area (Å²) >= 11 is 0. The maximum absolute atomic E-state index is 9.86. The topological polar surface area (TPSA) is 20.2 Å². The third-order valence-corrected chi connectivity index (χ3v) is 3.21. The second-order valence-corrected chi connectivity index (χ2v) is 4.81. The van der Waals surface area contributed by atoms with Gasteiger partial charge in [-0.25, -0.2) is 0 Å². The van der Waals surface area contributed by atoms with Gasteiger partial charge < -0.3 is 5.11 Å². The van der Waals surface area contributed by atoms with Gasteiger partial charge in [-0.2, -0.15) is 0 Å². The van der Waals surface area contributed by atoms with E-state index >= 15 is 0 Å². The number of rotatable bonds is 6. The third kappa shape index (κ3) is 6.39. The molecule has 1 atom stereocenters. The molecule has 0 heterocycles. The molecule has 0 aromatic heterocycles. The van der Waals surface area contributed by atoms with Gasteiger partial charge in [-0.15, -0.1) is 0 Å². The zero-order chi connectivity index (χ0) is 12.0. The van der Waals surface area contributed by atoms with Crippen LogP contribution in [0.1, 0.15) is 63.0 Å². The van der Waals surface area contributed by atoms with Crippen LogP contribution in [0.3, 0.4) is 0 Å². The van der Waals surface area contributed by atoms with Gasteiger partial charge >= 0.3 is 0 Å². The van der Waals surface area contributed by atoms with Crippen LogP contribution in [0.4, 0.5) is 0 Å². The smallest absolute Gasteiger partial charge is 0.119 e. The average molecular weight is 259 g/mol. The Morgan fingerprint density at radius 3 is 2.47 bits per heavy atom. The predicted octanol–water partition coefficient (Wildman–Crippen LogP) is 4.39. The maximum Gasteiger partial charge on any atom is 0.119 e. The van der Waals surface area contributed by atoms with Crippen LogP contribution in [0.5, 0.6) is 5.75 Å². The Morgan fingerprint density at radius 2 is 1.88 bits per heavy atom. The number of phenols is 1. The van der Waals surface area contributed by atoms with E-state index in [1.165, 1.54) is 32.1 Å². The molecule has 1 rings (SSSR count). The van der Waals surface area contributed by atoms with E-state index in [2.05, 4.69) is 26.0 Å². The molecule has 1 unspecified atom stereocenters. The first-order chi connectivity index (χ1) is 7.65. The van der Waals surface area contributed by atoms with Crippen LogP contribution in [0.2, 0.25) is 0 Å². The summed E-state index contributed by atoms with van der Waals surface area (Å²) in [5.41, 5.74) is 2.22. The Bertz CT molecular complexity index is 323. The summed E-state index contributed by atoms with van der Waals surface area (Å²) in [6.07, 6.45) is 6.36. The summed E-state index contributed by atoms with van der Waals surface area (Å²) in [6.45, 7) is 6.45. The Morgan fingerprint density at radius 1 is 1.18 bits per heavy atom. The monoisotopic (exact) mass is 259 g/mol. The van der Waals surface area contributed by atoms with Gasteiger partial charge in [0.1, 0.15) is 5.75 Å². The van der Waals surface area contributed by atoms with Crippen LogP contribution in [0.15, 0.2) is 18.2 Å². The van der Waals surface area contributed by atoms with Crippen LogP contribution in [-0.4, -0.2) is 56.5 Å². The average Bonchev–Trinajstić information content (AvgIpc) is 2.24. The number of unbranched alkanes of at least 4 members (excludes halogenated alkanes) is 3. The molecule has 91 valence electrons. The molecule has 1 nitrogen and oxygen atoms in total. The zero-order valence-electron chi connectivity index (χ0n) is 11.8. The molecule has 0 saturated carbocycles. The zero-order valence-corrected chi connectivity index (χ0v) is 14.9. The molecule has 1 aromatic rings. The van der Waals surface area contributed by atoms with Crippen molar-refractivity contribution in [3.63, 3.8) is 0 Å². The fourth-order valence-electron chi connectivity index (χ4n) is 2.10. The fraction of sp³-hybridized carbons (Fsp3) is 0.600. The van der Waals surface area contributed by atoms with Crippen molar-refractivity contribution < 1.29 is 5.11 Å². The normalized spacial score (nSPS) is 11.9. The van der Waals surface area contributed by atoms with Gasteiger partial charge in [-0.3, -0.25) is 0 Å². The molecule has 1 N–H and O–H groups in total. The van der Waals surface area contributed by atoms with E-state index in [1.807, 2.05) is 13.0 Å². The molecule has 0 aliphatic heterocycles. The fourth-order valence-corrected chi connectivity index (χ4v) is 2.10. The Hall–Kier alpha value is 0.656. The van der Waals surface area contributed by atoms with E-state index in [0.717, 1.165) is 11.1 Å². The van der Waals surface area contributed by atoms with Crippen molar-refractivity contribution in [3.8, 4) is 5.75 Å². The van der Waals surface area contributed by atoms with Gasteiger partial charge in [0, 0.05) is 51.4 Å². The summed E-state index contributed by atoms with van der Waals surface area (Å²) in [7, 11) is 0. The second kappa shape index (κ2) is 9.57. The molecular weight excluding hydrogens is 235 g/mol. The van der Waals surface area contributed by atoms with Crippen LogP contribution >= 0.6 is 0 Å². The van der Waals surface area contributed by atoms with Gasteiger partial charge in [-0.05, 0) is 36.5 Å². The minimum Gasteiger partial charge on any atom is -0.508 e. The van der Waals surface area contributed by atoms with Crippen molar-refractivity contribution in [3.05, 3.63) is 29.3 Å². The molecule has 0 spiro atoms. The summed E-state index contributed by atoms with van der Waals surface area (Å²) in [6, 6.07) is 6.00. The Balaban J connectivity index is 0.00000256. The van der Waals surface area contributed by atoms with Gasteiger partial charge in [-0.1, -0.05) is 51.7 Å². The minimum absolute atomic E-state index is 0. The molecule has 2 heteroatoms. The van der Waals surface area contributed by atoms with Crippen molar-refractivity contribution in [1.82, 2.24) is 0 Å². The number of benzene rings is 1. The van der Waals surface area contributed by atoms with E-state index in [4.69, 9.17) is 0 Å². The van der Waals surface area contributed by atoms with E-state index in [1.54, 1.807) is 0 Å².